The average molecular weight is 341 g/mol. The van der Waals surface area contributed by atoms with E-state index in [0.717, 1.165) is 48.6 Å². The average Bonchev–Trinajstić information content (AvgIpc) is 3.04. The summed E-state index contributed by atoms with van der Waals surface area (Å²) in [7, 11) is 0. The van der Waals surface area contributed by atoms with Crippen LogP contribution in [0, 0.1) is 0 Å². The van der Waals surface area contributed by atoms with E-state index in [4.69, 9.17) is 0 Å². The number of hydrogen-bond donors (Lipinski definition) is 3. The number of aromatic nitrogens is 3. The first kappa shape index (κ1) is 16.1. The van der Waals surface area contributed by atoms with Gasteiger partial charge in [0.1, 0.15) is 5.82 Å². The topological polar surface area (TPSA) is 92.1 Å². The summed E-state index contributed by atoms with van der Waals surface area (Å²) in [5, 5.41) is 24.4. The summed E-state index contributed by atoms with van der Waals surface area (Å²) in [4.78, 5) is 12.3. The Hall–Kier alpha value is -2.41. The summed E-state index contributed by atoms with van der Waals surface area (Å²) in [5.74, 6) is 1.80. The van der Waals surface area contributed by atoms with Crippen molar-refractivity contribution in [1.82, 2.24) is 25.4 Å². The van der Waals surface area contributed by atoms with Crippen LogP contribution >= 0.6 is 0 Å². The third-order valence-electron chi connectivity index (χ3n) is 5.08. The Morgan fingerprint density at radius 2 is 2.12 bits per heavy atom. The van der Waals surface area contributed by atoms with Gasteiger partial charge in [0.25, 0.3) is 0 Å². The molecule has 2 aliphatic rings. The molecule has 0 saturated heterocycles. The minimum Gasteiger partial charge on any atom is -0.390 e. The zero-order chi connectivity index (χ0) is 17.2. The van der Waals surface area contributed by atoms with Crippen LogP contribution in [0.5, 0.6) is 0 Å². The molecule has 0 unspecified atom stereocenters. The van der Waals surface area contributed by atoms with Crippen LogP contribution in [-0.4, -0.2) is 32.0 Å². The highest BCUT2D eigenvalue weighted by Crippen LogP contribution is 2.31. The number of aliphatic hydroxyl groups excluding tert-OH is 1. The molecule has 1 aliphatic carbocycles. The summed E-state index contributed by atoms with van der Waals surface area (Å²) in [6.45, 7) is 1.25. The van der Waals surface area contributed by atoms with Gasteiger partial charge >= 0.3 is 6.03 Å². The number of nitrogens with one attached hydrogen (secondary N) is 2. The number of carbonyl (C=O) groups is 1. The summed E-state index contributed by atoms with van der Waals surface area (Å²) in [6, 6.07) is 7.15. The molecule has 2 amide bonds. The lowest BCUT2D eigenvalue weighted by atomic mass is 10.1. The second kappa shape index (κ2) is 6.84. The van der Waals surface area contributed by atoms with E-state index in [1.54, 1.807) is 0 Å². The second-order valence-electron chi connectivity index (χ2n) is 6.77. The number of amides is 2. The van der Waals surface area contributed by atoms with Crippen molar-refractivity contribution in [2.75, 3.05) is 0 Å². The van der Waals surface area contributed by atoms with Gasteiger partial charge in [-0.2, -0.15) is 0 Å². The number of aliphatic hydroxyl groups is 1. The molecule has 132 valence electrons. The molecule has 25 heavy (non-hydrogen) atoms. The Balaban J connectivity index is 1.38. The highest BCUT2D eigenvalue weighted by molar-refractivity contribution is 5.74. The minimum atomic E-state index is -0.590. The molecule has 3 N–H and O–H groups in total. The monoisotopic (exact) mass is 341 g/mol. The quantitative estimate of drug-likeness (QED) is 0.788. The Morgan fingerprint density at radius 3 is 3.04 bits per heavy atom. The Morgan fingerprint density at radius 1 is 1.24 bits per heavy atom. The van der Waals surface area contributed by atoms with Crippen LogP contribution in [0.4, 0.5) is 4.79 Å². The fourth-order valence-electron chi connectivity index (χ4n) is 3.78. The number of rotatable bonds is 3. The van der Waals surface area contributed by atoms with Gasteiger partial charge < -0.3 is 20.3 Å². The van der Waals surface area contributed by atoms with Crippen LogP contribution in [0.15, 0.2) is 24.3 Å². The lowest BCUT2D eigenvalue weighted by molar-refractivity contribution is 0.142. The Labute approximate surface area is 146 Å². The van der Waals surface area contributed by atoms with Crippen LogP contribution in [0.25, 0.3) is 0 Å². The van der Waals surface area contributed by atoms with Gasteiger partial charge in [-0.05, 0) is 24.0 Å². The maximum absolute atomic E-state index is 12.3. The molecular formula is C18H23N5O2. The SMILES string of the molecule is O=C(NCc1nnc2n1CCCCC2)N[C@H]1c2ccccc2C[C@H]1O. The molecule has 1 aromatic heterocycles. The molecule has 0 fully saturated rings. The highest BCUT2D eigenvalue weighted by atomic mass is 16.3. The second-order valence-corrected chi connectivity index (χ2v) is 6.77. The van der Waals surface area contributed by atoms with Gasteiger partial charge in [0.15, 0.2) is 5.82 Å². The van der Waals surface area contributed by atoms with Crippen LogP contribution in [0.1, 0.15) is 48.1 Å². The van der Waals surface area contributed by atoms with Crippen molar-refractivity contribution in [2.45, 2.75) is 57.3 Å². The third-order valence-corrected chi connectivity index (χ3v) is 5.08. The highest BCUT2D eigenvalue weighted by Gasteiger charge is 2.31. The van der Waals surface area contributed by atoms with E-state index in [1.165, 1.54) is 6.42 Å². The third kappa shape index (κ3) is 3.24. The number of aryl methyl sites for hydroxylation is 1. The molecule has 0 spiro atoms. The smallest absolute Gasteiger partial charge is 0.315 e. The Bertz CT molecular complexity index is 773. The molecule has 1 aromatic carbocycles. The van der Waals surface area contributed by atoms with Crippen LogP contribution in [0.2, 0.25) is 0 Å². The van der Waals surface area contributed by atoms with Crippen LogP contribution < -0.4 is 10.6 Å². The molecule has 7 heteroatoms. The largest absolute Gasteiger partial charge is 0.390 e. The number of benzene rings is 1. The molecule has 0 bridgehead atoms. The van der Waals surface area contributed by atoms with Gasteiger partial charge in [0.2, 0.25) is 0 Å². The van der Waals surface area contributed by atoms with Crippen molar-refractivity contribution < 1.29 is 9.90 Å². The van der Waals surface area contributed by atoms with E-state index in [-0.39, 0.29) is 12.1 Å². The number of hydrogen-bond acceptors (Lipinski definition) is 4. The predicted octanol–water partition coefficient (Wildman–Crippen LogP) is 1.46. The van der Waals surface area contributed by atoms with Gasteiger partial charge in [-0.3, -0.25) is 0 Å². The standard InChI is InChI=1S/C18H23N5O2/c24-14-10-12-6-3-4-7-13(12)17(14)20-18(25)19-11-16-22-21-15-8-2-1-5-9-23(15)16/h3-4,6-7,14,17,24H,1-2,5,8-11H2,(H2,19,20,25)/t14-,17+/m1/s1. The molecule has 1 aliphatic heterocycles. The van der Waals surface area contributed by atoms with Crippen LogP contribution in [0.3, 0.4) is 0 Å². The van der Waals surface area contributed by atoms with E-state index in [0.29, 0.717) is 13.0 Å². The predicted molar refractivity (Wildman–Crippen MR) is 91.8 cm³/mol. The summed E-state index contributed by atoms with van der Waals surface area (Å²) in [5.41, 5.74) is 2.07. The van der Waals surface area contributed by atoms with E-state index in [1.807, 2.05) is 24.3 Å². The lowest BCUT2D eigenvalue weighted by Gasteiger charge is -2.18. The number of carbonyl (C=O) groups excluding carboxylic acids is 1. The van der Waals surface area contributed by atoms with Crippen molar-refractivity contribution in [3.8, 4) is 0 Å². The fraction of sp³-hybridized carbons (Fsp3) is 0.500. The molecule has 2 aromatic rings. The van der Waals surface area contributed by atoms with Gasteiger partial charge in [0.05, 0.1) is 18.7 Å². The Kier molecular flexibility index (Phi) is 4.40. The lowest BCUT2D eigenvalue weighted by Crippen LogP contribution is -2.41. The number of fused-ring (bicyclic) bond motifs is 2. The molecule has 4 rings (SSSR count). The number of urea groups is 1. The minimum absolute atomic E-state index is 0.299. The molecule has 7 nitrogen and oxygen atoms in total. The zero-order valence-corrected chi connectivity index (χ0v) is 14.1. The van der Waals surface area contributed by atoms with Crippen molar-refractivity contribution in [3.05, 3.63) is 47.0 Å². The van der Waals surface area contributed by atoms with Gasteiger partial charge in [-0.25, -0.2) is 4.79 Å². The van der Waals surface area contributed by atoms with Gasteiger partial charge in [-0.1, -0.05) is 30.7 Å². The maximum atomic E-state index is 12.3. The van der Waals surface area contributed by atoms with Crippen molar-refractivity contribution in [3.63, 3.8) is 0 Å². The first-order chi connectivity index (χ1) is 12.2. The molecule has 2 atom stereocenters. The molecule has 0 radical (unpaired) electrons. The normalized spacial score (nSPS) is 22.0. The van der Waals surface area contributed by atoms with Gasteiger partial charge in [0, 0.05) is 19.4 Å². The first-order valence-corrected chi connectivity index (χ1v) is 8.93. The maximum Gasteiger partial charge on any atom is 0.315 e. The van der Waals surface area contributed by atoms with E-state index >= 15 is 0 Å². The van der Waals surface area contributed by atoms with E-state index in [2.05, 4.69) is 25.4 Å². The first-order valence-electron chi connectivity index (χ1n) is 8.93. The fourth-order valence-corrected chi connectivity index (χ4v) is 3.78. The van der Waals surface area contributed by atoms with Crippen LogP contribution in [-0.2, 0) is 25.9 Å². The summed E-state index contributed by atoms with van der Waals surface area (Å²) < 4.78 is 2.12. The van der Waals surface area contributed by atoms with Crippen molar-refractivity contribution in [1.29, 1.82) is 0 Å². The molecule has 2 heterocycles. The number of nitrogens with zero attached hydrogens (tertiary/aromatic N) is 3. The van der Waals surface area contributed by atoms with Crippen molar-refractivity contribution in [2.24, 2.45) is 0 Å². The summed E-state index contributed by atoms with van der Waals surface area (Å²) in [6.07, 6.45) is 4.39. The molecule has 0 saturated carbocycles. The van der Waals surface area contributed by atoms with E-state index < -0.39 is 6.10 Å². The zero-order valence-electron chi connectivity index (χ0n) is 14.1. The molecular weight excluding hydrogens is 318 g/mol. The van der Waals surface area contributed by atoms with Gasteiger partial charge in [-0.15, -0.1) is 10.2 Å². The van der Waals surface area contributed by atoms with Crippen molar-refractivity contribution >= 4 is 6.03 Å². The van der Waals surface area contributed by atoms with E-state index in [9.17, 15) is 9.90 Å². The summed E-state index contributed by atoms with van der Waals surface area (Å²) >= 11 is 0.